The maximum atomic E-state index is 12.9. The lowest BCUT2D eigenvalue weighted by Crippen LogP contribution is -2.57. The molecule has 0 radical (unpaired) electrons. The SMILES string of the molecule is CO[C@@H]1CO[C@@H]([C@@H](C)O)[C@H](C)/C=C(\C)[C@]23O[C@@H]4[C@H](C=C[C@@H]2C1)[C@H]3[C@H](O)[C@@H](C)[C@H]4OC(=O)C1=CC=CC1. The van der Waals surface area contributed by atoms with E-state index in [1.54, 1.807) is 20.1 Å². The molecule has 12 atom stereocenters. The molecule has 2 heterocycles. The van der Waals surface area contributed by atoms with Crippen molar-refractivity contribution in [1.82, 2.24) is 0 Å². The van der Waals surface area contributed by atoms with Crippen LogP contribution in [0.3, 0.4) is 0 Å². The molecule has 7 nitrogen and oxygen atoms in total. The smallest absolute Gasteiger partial charge is 0.334 e. The summed E-state index contributed by atoms with van der Waals surface area (Å²) in [5.74, 6) is -0.952. The number of aliphatic hydroxyl groups excluding tert-OH is 2. The average molecular weight is 501 g/mol. The van der Waals surface area contributed by atoms with Gasteiger partial charge in [0.25, 0.3) is 0 Å². The van der Waals surface area contributed by atoms with Gasteiger partial charge in [0.15, 0.2) is 0 Å². The molecule has 0 amide bonds. The van der Waals surface area contributed by atoms with Gasteiger partial charge in [0.1, 0.15) is 17.8 Å². The Kier molecular flexibility index (Phi) is 7.07. The molecule has 1 spiro atoms. The quantitative estimate of drug-likeness (QED) is 0.452. The Morgan fingerprint density at radius 3 is 2.72 bits per heavy atom. The summed E-state index contributed by atoms with van der Waals surface area (Å²) in [4.78, 5) is 12.9. The number of carbonyl (C=O) groups is 1. The van der Waals surface area contributed by atoms with Crippen molar-refractivity contribution in [3.8, 4) is 0 Å². The molecule has 3 aliphatic carbocycles. The van der Waals surface area contributed by atoms with E-state index in [1.165, 1.54) is 0 Å². The minimum atomic E-state index is -0.751. The van der Waals surface area contributed by atoms with Gasteiger partial charge in [-0.15, -0.1) is 0 Å². The molecule has 1 saturated heterocycles. The van der Waals surface area contributed by atoms with Gasteiger partial charge in [0.05, 0.1) is 31.0 Å². The highest BCUT2D eigenvalue weighted by Gasteiger charge is 2.68. The van der Waals surface area contributed by atoms with Gasteiger partial charge in [0.2, 0.25) is 0 Å². The molecule has 5 rings (SSSR count). The summed E-state index contributed by atoms with van der Waals surface area (Å²) in [5.41, 5.74) is 0.898. The van der Waals surface area contributed by atoms with Crippen LogP contribution in [0.1, 0.15) is 40.5 Å². The first kappa shape index (κ1) is 25.9. The van der Waals surface area contributed by atoms with Crippen molar-refractivity contribution < 1.29 is 34.0 Å². The fraction of sp³-hybridized carbons (Fsp3) is 0.690. The Labute approximate surface area is 213 Å². The molecule has 1 saturated carbocycles. The van der Waals surface area contributed by atoms with Crippen molar-refractivity contribution in [2.45, 2.75) is 82.8 Å². The van der Waals surface area contributed by atoms with E-state index in [4.69, 9.17) is 18.9 Å². The van der Waals surface area contributed by atoms with Gasteiger partial charge in [-0.25, -0.2) is 4.79 Å². The molecular formula is C29H40O7. The number of ether oxygens (including phenoxy) is 4. The van der Waals surface area contributed by atoms with Gasteiger partial charge < -0.3 is 29.2 Å². The average Bonchev–Trinajstić information content (AvgIpc) is 3.44. The second-order valence-corrected chi connectivity index (χ2v) is 11.4. The van der Waals surface area contributed by atoms with Gasteiger partial charge in [-0.1, -0.05) is 50.3 Å². The fourth-order valence-corrected chi connectivity index (χ4v) is 7.39. The Hall–Kier alpha value is -1.77. The molecule has 4 bridgehead atoms. The van der Waals surface area contributed by atoms with Crippen molar-refractivity contribution >= 4 is 5.97 Å². The monoisotopic (exact) mass is 500 g/mol. The molecular weight excluding hydrogens is 460 g/mol. The fourth-order valence-electron chi connectivity index (χ4n) is 7.39. The summed E-state index contributed by atoms with van der Waals surface area (Å²) in [6, 6.07) is 0. The first-order valence-electron chi connectivity index (χ1n) is 13.3. The molecule has 5 aliphatic rings. The van der Waals surface area contributed by atoms with Crippen molar-refractivity contribution in [1.29, 1.82) is 0 Å². The predicted octanol–water partition coefficient (Wildman–Crippen LogP) is 3.12. The number of methoxy groups -OCH3 is 1. The van der Waals surface area contributed by atoms with Crippen LogP contribution >= 0.6 is 0 Å². The van der Waals surface area contributed by atoms with Gasteiger partial charge >= 0.3 is 5.97 Å². The van der Waals surface area contributed by atoms with Crippen molar-refractivity contribution in [3.05, 3.63) is 47.6 Å². The standard InChI is InChI=1S/C29H40O7/c1-15-12-16(2)29-20(13-21(33-5)14-34-25(15)18(4)30)10-11-22-23(29)24(31)17(3)26(27(22)36-29)35-28(32)19-8-6-7-9-19/h6-8,10-12,15,17-18,20-27,30-31H,9,13-14H2,1-5H3/b16-12+/t15-,17-,18-,20-,21+,22-,23+,24-,25-,26-,27-,29+/m1/s1. The van der Waals surface area contributed by atoms with E-state index in [0.29, 0.717) is 25.0 Å². The number of rotatable bonds is 4. The topological polar surface area (TPSA) is 94.5 Å². The minimum absolute atomic E-state index is 0.0399. The van der Waals surface area contributed by atoms with Gasteiger partial charge in [-0.05, 0) is 32.3 Å². The maximum absolute atomic E-state index is 12.9. The van der Waals surface area contributed by atoms with Crippen molar-refractivity contribution in [2.24, 2.45) is 29.6 Å². The van der Waals surface area contributed by atoms with E-state index in [-0.39, 0.29) is 53.9 Å². The number of allylic oxidation sites excluding steroid dienone is 3. The summed E-state index contributed by atoms with van der Waals surface area (Å²) < 4.78 is 25.0. The van der Waals surface area contributed by atoms with Crippen molar-refractivity contribution in [2.75, 3.05) is 13.7 Å². The van der Waals surface area contributed by atoms with Crippen LogP contribution in [0.4, 0.5) is 0 Å². The predicted molar refractivity (Wildman–Crippen MR) is 134 cm³/mol. The normalized spacial score (nSPS) is 48.0. The van der Waals surface area contributed by atoms with E-state index in [2.05, 4.69) is 25.2 Å². The minimum Gasteiger partial charge on any atom is -0.456 e. The zero-order valence-corrected chi connectivity index (χ0v) is 21.9. The molecule has 2 aliphatic heterocycles. The third kappa shape index (κ3) is 4.04. The summed E-state index contributed by atoms with van der Waals surface area (Å²) in [6.07, 6.45) is 10.5. The van der Waals surface area contributed by atoms with Crippen LogP contribution in [0, 0.1) is 29.6 Å². The number of hydrogen-bond acceptors (Lipinski definition) is 7. The lowest BCUT2D eigenvalue weighted by molar-refractivity contribution is -0.165. The van der Waals surface area contributed by atoms with Crippen molar-refractivity contribution in [3.63, 3.8) is 0 Å². The van der Waals surface area contributed by atoms with Crippen LogP contribution in [0.5, 0.6) is 0 Å². The van der Waals surface area contributed by atoms with E-state index < -0.39 is 23.9 Å². The molecule has 36 heavy (non-hydrogen) atoms. The zero-order valence-electron chi connectivity index (χ0n) is 21.9. The highest BCUT2D eigenvalue weighted by atomic mass is 16.6. The lowest BCUT2D eigenvalue weighted by Gasteiger charge is -2.49. The Morgan fingerprint density at radius 1 is 1.28 bits per heavy atom. The third-order valence-corrected chi connectivity index (χ3v) is 9.21. The van der Waals surface area contributed by atoms with E-state index >= 15 is 0 Å². The molecule has 0 aromatic rings. The Morgan fingerprint density at radius 2 is 2.06 bits per heavy atom. The van der Waals surface area contributed by atoms with Gasteiger partial charge in [0, 0.05) is 42.3 Å². The summed E-state index contributed by atoms with van der Waals surface area (Å²) in [6.45, 7) is 8.18. The molecule has 0 aromatic heterocycles. The third-order valence-electron chi connectivity index (χ3n) is 9.21. The van der Waals surface area contributed by atoms with Crippen LogP contribution in [-0.4, -0.2) is 72.1 Å². The number of esters is 1. The molecule has 2 fully saturated rings. The number of aliphatic hydroxyl groups is 2. The second kappa shape index (κ2) is 9.84. The van der Waals surface area contributed by atoms with E-state index in [1.807, 2.05) is 26.0 Å². The summed E-state index contributed by atoms with van der Waals surface area (Å²) >= 11 is 0. The van der Waals surface area contributed by atoms with Crippen LogP contribution in [0.15, 0.2) is 47.6 Å². The summed E-state index contributed by atoms with van der Waals surface area (Å²) in [5, 5.41) is 22.2. The van der Waals surface area contributed by atoms with E-state index in [0.717, 1.165) is 5.57 Å². The van der Waals surface area contributed by atoms with Crippen LogP contribution in [0.25, 0.3) is 0 Å². The van der Waals surface area contributed by atoms with Crippen LogP contribution in [0.2, 0.25) is 0 Å². The number of hydrogen-bond donors (Lipinski definition) is 2. The first-order valence-corrected chi connectivity index (χ1v) is 13.3. The first-order chi connectivity index (χ1) is 17.2. The lowest BCUT2D eigenvalue weighted by atomic mass is 9.57. The van der Waals surface area contributed by atoms with Gasteiger partial charge in [-0.3, -0.25) is 0 Å². The van der Waals surface area contributed by atoms with Crippen LogP contribution in [-0.2, 0) is 23.7 Å². The highest BCUT2D eigenvalue weighted by Crippen LogP contribution is 2.61. The Bertz CT molecular complexity index is 980. The molecule has 7 heteroatoms. The second-order valence-electron chi connectivity index (χ2n) is 11.4. The summed E-state index contributed by atoms with van der Waals surface area (Å²) in [7, 11) is 1.68. The van der Waals surface area contributed by atoms with Crippen LogP contribution < -0.4 is 0 Å². The van der Waals surface area contributed by atoms with E-state index in [9.17, 15) is 15.0 Å². The maximum Gasteiger partial charge on any atom is 0.334 e. The molecule has 0 aromatic carbocycles. The van der Waals surface area contributed by atoms with Gasteiger partial charge in [-0.2, -0.15) is 0 Å². The highest BCUT2D eigenvalue weighted by molar-refractivity contribution is 5.90. The Balaban J connectivity index is 1.54. The molecule has 198 valence electrons. The molecule has 0 unspecified atom stereocenters. The molecule has 2 N–H and O–H groups in total. The number of carbonyl (C=O) groups excluding carboxylic acids is 1. The largest absolute Gasteiger partial charge is 0.456 e. The zero-order chi connectivity index (χ0) is 25.8.